The zero-order valence-corrected chi connectivity index (χ0v) is 18.0. The van der Waals surface area contributed by atoms with E-state index < -0.39 is 11.6 Å². The number of ether oxygens (including phenoxy) is 1. The van der Waals surface area contributed by atoms with Crippen LogP contribution in [0.2, 0.25) is 0 Å². The summed E-state index contributed by atoms with van der Waals surface area (Å²) >= 11 is 0. The summed E-state index contributed by atoms with van der Waals surface area (Å²) in [5.74, 6) is 0.743. The molecule has 9 heteroatoms. The molecule has 1 aromatic heterocycles. The van der Waals surface area contributed by atoms with E-state index >= 15 is 0 Å². The summed E-state index contributed by atoms with van der Waals surface area (Å²) in [6.45, 7) is 4.31. The van der Waals surface area contributed by atoms with E-state index in [9.17, 15) is 13.6 Å². The van der Waals surface area contributed by atoms with Crippen LogP contribution >= 0.6 is 0 Å². The first-order valence-electron chi connectivity index (χ1n) is 10.5. The largest absolute Gasteiger partial charge is 0.497 e. The molecule has 0 aliphatic carbocycles. The Hall–Kier alpha value is -3.33. The van der Waals surface area contributed by atoms with Crippen molar-refractivity contribution in [3.63, 3.8) is 0 Å². The Kier molecular flexibility index (Phi) is 6.45. The highest BCUT2D eigenvalue weighted by atomic mass is 19.1. The second-order valence-corrected chi connectivity index (χ2v) is 7.86. The quantitative estimate of drug-likeness (QED) is 0.637. The lowest BCUT2D eigenvalue weighted by Crippen LogP contribution is -2.30. The Morgan fingerprint density at radius 3 is 2.66 bits per heavy atom. The molecule has 0 saturated carbocycles. The van der Waals surface area contributed by atoms with Crippen LogP contribution < -0.4 is 10.1 Å². The highest BCUT2D eigenvalue weighted by Crippen LogP contribution is 2.19. The van der Waals surface area contributed by atoms with Crippen molar-refractivity contribution in [1.82, 2.24) is 25.0 Å². The maximum atomic E-state index is 13.5. The average molecular weight is 441 g/mol. The smallest absolute Gasteiger partial charge is 0.251 e. The third kappa shape index (κ3) is 4.94. The van der Waals surface area contributed by atoms with E-state index in [1.165, 1.54) is 12.1 Å². The molecular formula is C23H25F2N5O2. The lowest BCUT2D eigenvalue weighted by Gasteiger charge is -2.20. The molecule has 4 rings (SSSR count). The average Bonchev–Trinajstić information content (AvgIpc) is 3.08. The summed E-state index contributed by atoms with van der Waals surface area (Å²) < 4.78 is 34.2. The Balaban J connectivity index is 1.42. The van der Waals surface area contributed by atoms with Crippen molar-refractivity contribution in [2.45, 2.75) is 32.5 Å². The molecule has 0 bridgehead atoms. The number of nitrogens with one attached hydrogen (secondary N) is 1. The maximum Gasteiger partial charge on any atom is 0.251 e. The van der Waals surface area contributed by atoms with Crippen LogP contribution in [0.25, 0.3) is 0 Å². The second-order valence-electron chi connectivity index (χ2n) is 7.86. The van der Waals surface area contributed by atoms with Gasteiger partial charge in [0.25, 0.3) is 5.91 Å². The lowest BCUT2D eigenvalue weighted by atomic mass is 10.2. The van der Waals surface area contributed by atoms with E-state index in [0.29, 0.717) is 55.3 Å². The van der Waals surface area contributed by atoms with Gasteiger partial charge in [-0.1, -0.05) is 6.07 Å². The number of fused-ring (bicyclic) bond motifs is 1. The van der Waals surface area contributed by atoms with Gasteiger partial charge in [-0.3, -0.25) is 9.69 Å². The number of carbonyl (C=O) groups is 1. The van der Waals surface area contributed by atoms with Crippen LogP contribution in [-0.4, -0.2) is 45.8 Å². The number of benzene rings is 2. The molecule has 0 spiro atoms. The van der Waals surface area contributed by atoms with Gasteiger partial charge in [-0.2, -0.15) is 0 Å². The number of carbonyl (C=O) groups excluding carboxylic acids is 1. The fourth-order valence-electron chi connectivity index (χ4n) is 3.94. The molecule has 0 radical (unpaired) electrons. The monoisotopic (exact) mass is 441 g/mol. The molecule has 2 heterocycles. The summed E-state index contributed by atoms with van der Waals surface area (Å²) in [4.78, 5) is 14.8. The normalized spacial score (nSPS) is 15.0. The number of nitrogens with zero attached hydrogens (tertiary/aromatic N) is 4. The molecule has 1 aliphatic heterocycles. The highest BCUT2D eigenvalue weighted by molar-refractivity contribution is 5.94. The van der Waals surface area contributed by atoms with E-state index in [1.807, 2.05) is 11.5 Å². The first-order chi connectivity index (χ1) is 15.4. The van der Waals surface area contributed by atoms with Crippen LogP contribution in [0.4, 0.5) is 8.78 Å². The summed E-state index contributed by atoms with van der Waals surface area (Å²) in [5.41, 5.74) is 1.10. The molecule has 0 saturated heterocycles. The molecule has 2 aromatic carbocycles. The van der Waals surface area contributed by atoms with Gasteiger partial charge in [0.2, 0.25) is 0 Å². The number of hydrogen-bond acceptors (Lipinski definition) is 5. The minimum absolute atomic E-state index is 0.225. The summed E-state index contributed by atoms with van der Waals surface area (Å²) in [7, 11) is 1.55. The molecule has 0 fully saturated rings. The standard InChI is InChI=1S/C23H25F2N5O2/c1-15(26-23(31)17-4-3-5-20(12-17)32-2)22-28-27-21-6-7-29(8-9-30(21)22)14-16-10-18(24)13-19(25)11-16/h3-5,10-13,15H,6-9,14H2,1-2H3,(H,26,31). The molecule has 1 aliphatic rings. The van der Waals surface area contributed by atoms with Crippen LogP contribution in [0.3, 0.4) is 0 Å². The number of hydrogen-bond donors (Lipinski definition) is 1. The Morgan fingerprint density at radius 2 is 1.91 bits per heavy atom. The zero-order valence-electron chi connectivity index (χ0n) is 18.0. The van der Waals surface area contributed by atoms with E-state index in [-0.39, 0.29) is 11.9 Å². The predicted octanol–water partition coefficient (Wildman–Crippen LogP) is 3.11. The van der Waals surface area contributed by atoms with Gasteiger partial charge >= 0.3 is 0 Å². The van der Waals surface area contributed by atoms with E-state index in [0.717, 1.165) is 11.9 Å². The minimum atomic E-state index is -0.574. The van der Waals surface area contributed by atoms with Crippen molar-refractivity contribution in [2.24, 2.45) is 0 Å². The first kappa shape index (κ1) is 21.9. The van der Waals surface area contributed by atoms with Gasteiger partial charge in [-0.05, 0) is 42.8 Å². The van der Waals surface area contributed by atoms with Gasteiger partial charge in [0.1, 0.15) is 23.2 Å². The molecule has 1 atom stereocenters. The van der Waals surface area contributed by atoms with Gasteiger partial charge in [0, 0.05) is 44.2 Å². The second kappa shape index (κ2) is 9.44. The van der Waals surface area contributed by atoms with Crippen LogP contribution in [0, 0.1) is 11.6 Å². The summed E-state index contributed by atoms with van der Waals surface area (Å²) in [6.07, 6.45) is 0.654. The Morgan fingerprint density at radius 1 is 1.12 bits per heavy atom. The van der Waals surface area contributed by atoms with Crippen LogP contribution in [-0.2, 0) is 19.5 Å². The number of aromatic nitrogens is 3. The van der Waals surface area contributed by atoms with E-state index in [2.05, 4.69) is 20.4 Å². The molecule has 32 heavy (non-hydrogen) atoms. The van der Waals surface area contributed by atoms with Crippen LogP contribution in [0.1, 0.15) is 40.5 Å². The molecule has 168 valence electrons. The first-order valence-corrected chi connectivity index (χ1v) is 10.5. The van der Waals surface area contributed by atoms with Crippen molar-refractivity contribution in [3.8, 4) is 5.75 Å². The van der Waals surface area contributed by atoms with Gasteiger partial charge in [-0.15, -0.1) is 10.2 Å². The SMILES string of the molecule is COc1cccc(C(=O)NC(C)c2nnc3n2CCN(Cc2cc(F)cc(F)c2)CC3)c1. The zero-order chi connectivity index (χ0) is 22.7. The summed E-state index contributed by atoms with van der Waals surface area (Å²) in [5, 5.41) is 11.6. The van der Waals surface area contributed by atoms with Crippen molar-refractivity contribution in [3.05, 3.63) is 76.9 Å². The van der Waals surface area contributed by atoms with Crippen LogP contribution in [0.5, 0.6) is 5.75 Å². The highest BCUT2D eigenvalue weighted by Gasteiger charge is 2.23. The van der Waals surface area contributed by atoms with Crippen LogP contribution in [0.15, 0.2) is 42.5 Å². The fraction of sp³-hybridized carbons (Fsp3) is 0.348. The fourth-order valence-corrected chi connectivity index (χ4v) is 3.94. The third-order valence-corrected chi connectivity index (χ3v) is 5.54. The molecule has 7 nitrogen and oxygen atoms in total. The minimum Gasteiger partial charge on any atom is -0.497 e. The van der Waals surface area contributed by atoms with Gasteiger partial charge < -0.3 is 14.6 Å². The van der Waals surface area contributed by atoms with Gasteiger partial charge in [0.05, 0.1) is 13.2 Å². The third-order valence-electron chi connectivity index (χ3n) is 5.54. The number of amides is 1. The van der Waals surface area contributed by atoms with Crippen molar-refractivity contribution in [1.29, 1.82) is 0 Å². The maximum absolute atomic E-state index is 13.5. The molecule has 3 aromatic rings. The van der Waals surface area contributed by atoms with Crippen molar-refractivity contribution < 1.29 is 18.3 Å². The molecule has 1 amide bonds. The van der Waals surface area contributed by atoms with E-state index in [1.54, 1.807) is 31.4 Å². The molecular weight excluding hydrogens is 416 g/mol. The Bertz CT molecular complexity index is 1100. The van der Waals surface area contributed by atoms with Gasteiger partial charge in [-0.25, -0.2) is 8.78 Å². The number of halogens is 2. The van der Waals surface area contributed by atoms with Crippen molar-refractivity contribution in [2.75, 3.05) is 20.2 Å². The molecule has 1 unspecified atom stereocenters. The van der Waals surface area contributed by atoms with E-state index in [4.69, 9.17) is 4.74 Å². The van der Waals surface area contributed by atoms with Gasteiger partial charge in [0.15, 0.2) is 5.82 Å². The predicted molar refractivity (Wildman–Crippen MR) is 114 cm³/mol. The Labute approximate surface area is 185 Å². The van der Waals surface area contributed by atoms with Crippen molar-refractivity contribution >= 4 is 5.91 Å². The topological polar surface area (TPSA) is 72.3 Å². The summed E-state index contributed by atoms with van der Waals surface area (Å²) in [6, 6.07) is 10.2. The lowest BCUT2D eigenvalue weighted by molar-refractivity contribution is 0.0937. The molecule has 1 N–H and O–H groups in total. The number of rotatable bonds is 6. The number of methoxy groups -OCH3 is 1.